The number of likely N-dealkylation sites (tertiary alicyclic amines) is 1. The molecule has 0 bridgehead atoms. The Labute approximate surface area is 153 Å². The first kappa shape index (κ1) is 16.6. The molecule has 0 spiro atoms. The lowest BCUT2D eigenvalue weighted by atomic mass is 10.0. The van der Waals surface area contributed by atoms with Gasteiger partial charge in [0.1, 0.15) is 0 Å². The highest BCUT2D eigenvalue weighted by molar-refractivity contribution is 5.83. The quantitative estimate of drug-likeness (QED) is 0.786. The van der Waals surface area contributed by atoms with Crippen molar-refractivity contribution in [1.82, 2.24) is 20.0 Å². The molecular formula is C21H24N4O. The van der Waals surface area contributed by atoms with Crippen LogP contribution in [-0.4, -0.2) is 33.8 Å². The molecule has 1 aliphatic rings. The van der Waals surface area contributed by atoms with Gasteiger partial charge in [0.05, 0.1) is 6.20 Å². The van der Waals surface area contributed by atoms with Gasteiger partial charge >= 0.3 is 6.03 Å². The SMILES string of the molecule is Cn1cc(C[C@H]2CCN(C(=O)NCc3ccc4ccccc4c3)C2)cn1. The van der Waals surface area contributed by atoms with E-state index in [0.717, 1.165) is 31.5 Å². The number of carbonyl (C=O) groups excluding carboxylic acids is 1. The summed E-state index contributed by atoms with van der Waals surface area (Å²) in [4.78, 5) is 14.4. The molecule has 3 aromatic rings. The van der Waals surface area contributed by atoms with Crippen LogP contribution in [-0.2, 0) is 20.0 Å². The number of aryl methyl sites for hydroxylation is 1. The minimum Gasteiger partial charge on any atom is -0.334 e. The third-order valence-corrected chi connectivity index (χ3v) is 5.11. The van der Waals surface area contributed by atoms with Gasteiger partial charge < -0.3 is 10.2 Å². The summed E-state index contributed by atoms with van der Waals surface area (Å²) in [5.74, 6) is 0.519. The van der Waals surface area contributed by atoms with Gasteiger partial charge in [0.25, 0.3) is 0 Å². The molecule has 2 amide bonds. The van der Waals surface area contributed by atoms with Crippen molar-refractivity contribution in [2.75, 3.05) is 13.1 Å². The molecule has 0 saturated carbocycles. The minimum atomic E-state index is 0.0341. The molecular weight excluding hydrogens is 324 g/mol. The maximum Gasteiger partial charge on any atom is 0.317 e. The second kappa shape index (κ2) is 7.20. The summed E-state index contributed by atoms with van der Waals surface area (Å²) in [5.41, 5.74) is 2.37. The first-order valence-corrected chi connectivity index (χ1v) is 9.15. The van der Waals surface area contributed by atoms with Gasteiger partial charge in [-0.25, -0.2) is 4.79 Å². The molecule has 134 valence electrons. The van der Waals surface area contributed by atoms with Crippen LogP contribution in [0.2, 0.25) is 0 Å². The van der Waals surface area contributed by atoms with Gasteiger partial charge in [-0.15, -0.1) is 0 Å². The van der Waals surface area contributed by atoms with Gasteiger partial charge in [0.15, 0.2) is 0 Å². The van der Waals surface area contributed by atoms with E-state index >= 15 is 0 Å². The van der Waals surface area contributed by atoms with Crippen LogP contribution in [0, 0.1) is 5.92 Å². The van der Waals surface area contributed by atoms with Gasteiger partial charge in [-0.1, -0.05) is 36.4 Å². The maximum absolute atomic E-state index is 12.5. The van der Waals surface area contributed by atoms with E-state index in [1.807, 2.05) is 35.0 Å². The average molecular weight is 348 g/mol. The fourth-order valence-corrected chi connectivity index (χ4v) is 3.73. The standard InChI is InChI=1S/C21H24N4O/c1-24-14-18(13-23-24)10-17-8-9-25(15-17)21(26)22-12-16-6-7-19-4-2-3-5-20(19)11-16/h2-7,11,13-14,17H,8-10,12,15H2,1H3,(H,22,26)/t17-/m1/s1. The Kier molecular flexibility index (Phi) is 4.61. The smallest absolute Gasteiger partial charge is 0.317 e. The lowest BCUT2D eigenvalue weighted by Crippen LogP contribution is -2.38. The first-order valence-electron chi connectivity index (χ1n) is 9.15. The van der Waals surface area contributed by atoms with E-state index in [1.165, 1.54) is 16.3 Å². The molecule has 0 radical (unpaired) electrons. The van der Waals surface area contributed by atoms with Crippen LogP contribution in [0.1, 0.15) is 17.5 Å². The molecule has 2 aromatic carbocycles. The van der Waals surface area contributed by atoms with E-state index in [1.54, 1.807) is 0 Å². The number of hydrogen-bond acceptors (Lipinski definition) is 2. The van der Waals surface area contributed by atoms with Crippen LogP contribution in [0.25, 0.3) is 10.8 Å². The highest BCUT2D eigenvalue weighted by atomic mass is 16.2. The summed E-state index contributed by atoms with van der Waals surface area (Å²) in [6.07, 6.45) is 6.02. The Morgan fingerprint density at radius 2 is 2.04 bits per heavy atom. The number of aromatic nitrogens is 2. The summed E-state index contributed by atoms with van der Waals surface area (Å²) in [7, 11) is 1.94. The summed E-state index contributed by atoms with van der Waals surface area (Å²) in [6, 6.07) is 14.6. The van der Waals surface area contributed by atoms with Crippen LogP contribution >= 0.6 is 0 Å². The van der Waals surface area contributed by atoms with Gasteiger partial charge in [-0.2, -0.15) is 5.10 Å². The Hall–Kier alpha value is -2.82. The Morgan fingerprint density at radius 3 is 2.85 bits per heavy atom. The van der Waals surface area contributed by atoms with Crippen molar-refractivity contribution in [2.45, 2.75) is 19.4 Å². The second-order valence-corrected chi connectivity index (χ2v) is 7.17. The molecule has 4 rings (SSSR count). The maximum atomic E-state index is 12.5. The third-order valence-electron chi connectivity index (χ3n) is 5.11. The Balaban J connectivity index is 1.30. The lowest BCUT2D eigenvalue weighted by molar-refractivity contribution is 0.206. The molecule has 1 fully saturated rings. The monoisotopic (exact) mass is 348 g/mol. The molecule has 1 atom stereocenters. The van der Waals surface area contributed by atoms with Gasteiger partial charge in [0.2, 0.25) is 0 Å². The average Bonchev–Trinajstić information content (AvgIpc) is 3.29. The van der Waals surface area contributed by atoms with Crippen molar-refractivity contribution >= 4 is 16.8 Å². The zero-order valence-electron chi connectivity index (χ0n) is 15.1. The van der Waals surface area contributed by atoms with E-state index in [-0.39, 0.29) is 6.03 Å². The van der Waals surface area contributed by atoms with E-state index in [4.69, 9.17) is 0 Å². The number of amides is 2. The van der Waals surface area contributed by atoms with Crippen molar-refractivity contribution in [2.24, 2.45) is 13.0 Å². The van der Waals surface area contributed by atoms with Crippen LogP contribution in [0.4, 0.5) is 4.79 Å². The molecule has 5 nitrogen and oxygen atoms in total. The predicted octanol–water partition coefficient (Wildman–Crippen LogP) is 3.35. The summed E-state index contributed by atoms with van der Waals surface area (Å²) in [6.45, 7) is 2.21. The summed E-state index contributed by atoms with van der Waals surface area (Å²) in [5, 5.41) is 9.71. The van der Waals surface area contributed by atoms with Crippen molar-refractivity contribution in [3.63, 3.8) is 0 Å². The van der Waals surface area contributed by atoms with Crippen molar-refractivity contribution in [3.8, 4) is 0 Å². The minimum absolute atomic E-state index is 0.0341. The largest absolute Gasteiger partial charge is 0.334 e. The fraction of sp³-hybridized carbons (Fsp3) is 0.333. The van der Waals surface area contributed by atoms with E-state index in [2.05, 4.69) is 46.9 Å². The number of urea groups is 1. The zero-order chi connectivity index (χ0) is 17.9. The topological polar surface area (TPSA) is 50.2 Å². The van der Waals surface area contributed by atoms with E-state index in [9.17, 15) is 4.79 Å². The molecule has 1 aromatic heterocycles. The second-order valence-electron chi connectivity index (χ2n) is 7.17. The summed E-state index contributed by atoms with van der Waals surface area (Å²) >= 11 is 0. The number of hydrogen-bond donors (Lipinski definition) is 1. The van der Waals surface area contributed by atoms with Gasteiger partial charge in [0, 0.05) is 32.9 Å². The molecule has 1 saturated heterocycles. The number of benzene rings is 2. The van der Waals surface area contributed by atoms with Crippen LogP contribution in [0.5, 0.6) is 0 Å². The van der Waals surface area contributed by atoms with Crippen molar-refractivity contribution < 1.29 is 4.79 Å². The molecule has 26 heavy (non-hydrogen) atoms. The van der Waals surface area contributed by atoms with Gasteiger partial charge in [-0.3, -0.25) is 4.68 Å². The number of nitrogens with zero attached hydrogens (tertiary/aromatic N) is 3. The van der Waals surface area contributed by atoms with Crippen LogP contribution in [0.3, 0.4) is 0 Å². The normalized spacial score (nSPS) is 17.0. The first-order chi connectivity index (χ1) is 12.7. The third kappa shape index (κ3) is 3.72. The lowest BCUT2D eigenvalue weighted by Gasteiger charge is -2.17. The molecule has 1 N–H and O–H groups in total. The number of fused-ring (bicyclic) bond motifs is 1. The number of rotatable bonds is 4. The van der Waals surface area contributed by atoms with E-state index in [0.29, 0.717) is 12.5 Å². The number of nitrogens with one attached hydrogen (secondary N) is 1. The van der Waals surface area contributed by atoms with Crippen LogP contribution < -0.4 is 5.32 Å². The zero-order valence-corrected chi connectivity index (χ0v) is 15.1. The fourth-order valence-electron chi connectivity index (χ4n) is 3.73. The Bertz CT molecular complexity index is 917. The highest BCUT2D eigenvalue weighted by Crippen LogP contribution is 2.21. The molecule has 0 aliphatic carbocycles. The summed E-state index contributed by atoms with van der Waals surface area (Å²) < 4.78 is 1.83. The van der Waals surface area contributed by atoms with Gasteiger partial charge in [-0.05, 0) is 46.7 Å². The van der Waals surface area contributed by atoms with Crippen molar-refractivity contribution in [3.05, 3.63) is 66.0 Å². The van der Waals surface area contributed by atoms with E-state index < -0.39 is 0 Å². The number of carbonyl (C=O) groups is 1. The molecule has 2 heterocycles. The van der Waals surface area contributed by atoms with Crippen LogP contribution in [0.15, 0.2) is 54.9 Å². The highest BCUT2D eigenvalue weighted by Gasteiger charge is 2.26. The molecule has 1 aliphatic heterocycles. The molecule has 5 heteroatoms. The van der Waals surface area contributed by atoms with Crippen molar-refractivity contribution in [1.29, 1.82) is 0 Å². The molecule has 0 unspecified atom stereocenters. The Morgan fingerprint density at radius 1 is 1.19 bits per heavy atom. The predicted molar refractivity (Wildman–Crippen MR) is 103 cm³/mol.